The maximum atomic E-state index is 13.0. The molecular formula is C25H26N4O3S2. The predicted octanol–water partition coefficient (Wildman–Crippen LogP) is 5.72. The van der Waals surface area contributed by atoms with E-state index in [0.29, 0.717) is 16.5 Å². The Hall–Kier alpha value is -3.30. The number of hydrogen-bond donors (Lipinski definition) is 2. The van der Waals surface area contributed by atoms with Gasteiger partial charge in [0, 0.05) is 18.7 Å². The van der Waals surface area contributed by atoms with Crippen LogP contribution in [0.1, 0.15) is 39.0 Å². The summed E-state index contributed by atoms with van der Waals surface area (Å²) in [4.78, 5) is 20.3. The molecule has 0 radical (unpaired) electrons. The molecule has 0 atom stereocenters. The van der Waals surface area contributed by atoms with Crippen LogP contribution >= 0.6 is 11.3 Å². The van der Waals surface area contributed by atoms with E-state index in [1.807, 2.05) is 30.3 Å². The maximum Gasteiger partial charge on any atom is 0.261 e. The minimum Gasteiger partial charge on any atom is -0.302 e. The molecule has 0 spiro atoms. The van der Waals surface area contributed by atoms with E-state index in [1.54, 1.807) is 31.3 Å². The first-order chi connectivity index (χ1) is 15.9. The van der Waals surface area contributed by atoms with E-state index in [2.05, 4.69) is 40.8 Å². The average molecular weight is 495 g/mol. The van der Waals surface area contributed by atoms with E-state index >= 15 is 0 Å². The molecule has 0 bridgehead atoms. The second-order valence-electron chi connectivity index (χ2n) is 9.12. The molecule has 0 aliphatic rings. The zero-order chi connectivity index (χ0) is 24.7. The summed E-state index contributed by atoms with van der Waals surface area (Å²) in [6.07, 6.45) is 1.71. The third-order valence-electron chi connectivity index (χ3n) is 5.37. The molecule has 0 aliphatic carbocycles. The van der Waals surface area contributed by atoms with E-state index in [9.17, 15) is 13.2 Å². The van der Waals surface area contributed by atoms with Crippen LogP contribution in [0.25, 0.3) is 21.3 Å². The molecule has 0 saturated carbocycles. The summed E-state index contributed by atoms with van der Waals surface area (Å²) < 4.78 is 29.7. The summed E-state index contributed by atoms with van der Waals surface area (Å²) in [6.45, 7) is 9.45. The fourth-order valence-corrected chi connectivity index (χ4v) is 5.50. The third-order valence-corrected chi connectivity index (χ3v) is 7.68. The molecule has 2 aromatic carbocycles. The van der Waals surface area contributed by atoms with Crippen molar-refractivity contribution in [2.24, 2.45) is 0 Å². The van der Waals surface area contributed by atoms with Gasteiger partial charge in [-0.15, -0.1) is 0 Å². The Kier molecular flexibility index (Phi) is 6.18. The number of aryl methyl sites for hydroxylation is 1. The number of aromatic nitrogens is 2. The monoisotopic (exact) mass is 494 g/mol. The highest BCUT2D eigenvalue weighted by Gasteiger charge is 2.19. The zero-order valence-electron chi connectivity index (χ0n) is 19.6. The second kappa shape index (κ2) is 8.81. The number of amides is 1. The lowest BCUT2D eigenvalue weighted by Crippen LogP contribution is -2.15. The molecule has 34 heavy (non-hydrogen) atoms. The van der Waals surface area contributed by atoms with Crippen molar-refractivity contribution < 1.29 is 13.2 Å². The second-order valence-corrected chi connectivity index (χ2v) is 11.8. The van der Waals surface area contributed by atoms with Crippen LogP contribution in [-0.4, -0.2) is 24.3 Å². The van der Waals surface area contributed by atoms with Crippen molar-refractivity contribution in [1.82, 2.24) is 9.97 Å². The van der Waals surface area contributed by atoms with Crippen molar-refractivity contribution in [3.8, 4) is 11.1 Å². The van der Waals surface area contributed by atoms with Crippen LogP contribution in [0.15, 0.2) is 59.6 Å². The van der Waals surface area contributed by atoms with Crippen molar-refractivity contribution in [1.29, 1.82) is 0 Å². The Bertz CT molecular complexity index is 1490. The number of hydrogen-bond acceptors (Lipinski definition) is 6. The van der Waals surface area contributed by atoms with Gasteiger partial charge in [-0.1, -0.05) is 50.3 Å². The summed E-state index contributed by atoms with van der Waals surface area (Å²) in [5, 5.41) is 3.24. The third kappa shape index (κ3) is 5.10. The van der Waals surface area contributed by atoms with Gasteiger partial charge in [-0.2, -0.15) is 0 Å². The van der Waals surface area contributed by atoms with Crippen molar-refractivity contribution in [3.05, 3.63) is 66.0 Å². The van der Waals surface area contributed by atoms with Gasteiger partial charge in [0.15, 0.2) is 5.13 Å². The first kappa shape index (κ1) is 23.8. The zero-order valence-corrected chi connectivity index (χ0v) is 21.3. The topological polar surface area (TPSA) is 101 Å². The van der Waals surface area contributed by atoms with E-state index in [0.717, 1.165) is 26.9 Å². The standard InChI is InChI=1S/C25H26N4O3S2/c1-15-22(29-34(31,32)20-9-7-19(8-10-20)25(3,4)5)12-18(14-26-15)17-6-11-21-23(13-17)33-24(28-21)27-16(2)30/h6-14,29H,1-5H3,(H,27,28,30). The first-order valence-electron chi connectivity index (χ1n) is 10.7. The molecule has 0 fully saturated rings. The number of anilines is 2. The minimum atomic E-state index is -3.78. The molecule has 1 amide bonds. The lowest BCUT2D eigenvalue weighted by atomic mass is 9.87. The molecular weight excluding hydrogens is 468 g/mol. The number of fused-ring (bicyclic) bond motifs is 1. The number of nitrogens with zero attached hydrogens (tertiary/aromatic N) is 2. The van der Waals surface area contributed by atoms with Gasteiger partial charge in [0.2, 0.25) is 5.91 Å². The number of nitrogens with one attached hydrogen (secondary N) is 2. The molecule has 4 aromatic rings. The fraction of sp³-hybridized carbons (Fsp3) is 0.240. The normalized spacial score (nSPS) is 12.0. The van der Waals surface area contributed by atoms with E-state index in [4.69, 9.17) is 0 Å². The van der Waals surface area contributed by atoms with Gasteiger partial charge >= 0.3 is 0 Å². The Morgan fingerprint density at radius 1 is 1.00 bits per heavy atom. The predicted molar refractivity (Wildman–Crippen MR) is 138 cm³/mol. The highest BCUT2D eigenvalue weighted by molar-refractivity contribution is 7.92. The van der Waals surface area contributed by atoms with Crippen molar-refractivity contribution in [3.63, 3.8) is 0 Å². The Labute approximate surface area is 203 Å². The molecule has 0 saturated heterocycles. The quantitative estimate of drug-likeness (QED) is 0.369. The molecule has 176 valence electrons. The number of carbonyl (C=O) groups is 1. The van der Waals surface area contributed by atoms with E-state index in [1.165, 1.54) is 18.3 Å². The van der Waals surface area contributed by atoms with Crippen LogP contribution in [0.3, 0.4) is 0 Å². The molecule has 0 unspecified atom stereocenters. The molecule has 4 rings (SSSR count). The highest BCUT2D eigenvalue weighted by atomic mass is 32.2. The van der Waals surface area contributed by atoms with Crippen molar-refractivity contribution in [2.45, 2.75) is 44.9 Å². The van der Waals surface area contributed by atoms with Crippen LogP contribution in [-0.2, 0) is 20.2 Å². The van der Waals surface area contributed by atoms with E-state index < -0.39 is 10.0 Å². The Morgan fingerprint density at radius 2 is 1.71 bits per heavy atom. The minimum absolute atomic E-state index is 0.0629. The molecule has 0 aliphatic heterocycles. The van der Waals surface area contributed by atoms with Crippen LogP contribution in [0.4, 0.5) is 10.8 Å². The summed E-state index contributed by atoms with van der Waals surface area (Å²) >= 11 is 1.38. The van der Waals surface area contributed by atoms with Crippen molar-refractivity contribution in [2.75, 3.05) is 10.0 Å². The highest BCUT2D eigenvalue weighted by Crippen LogP contribution is 2.32. The molecule has 9 heteroatoms. The van der Waals surface area contributed by atoms with E-state index in [-0.39, 0.29) is 16.2 Å². The number of sulfonamides is 1. The lowest BCUT2D eigenvalue weighted by Gasteiger charge is -2.19. The maximum absolute atomic E-state index is 13.0. The van der Waals surface area contributed by atoms with Gasteiger partial charge < -0.3 is 5.32 Å². The number of pyridine rings is 1. The van der Waals surface area contributed by atoms with Crippen LogP contribution in [0.2, 0.25) is 0 Å². The molecule has 7 nitrogen and oxygen atoms in total. The molecule has 2 aromatic heterocycles. The van der Waals surface area contributed by atoms with Gasteiger partial charge in [0.1, 0.15) is 0 Å². The summed E-state index contributed by atoms with van der Waals surface area (Å²) in [6, 6.07) is 14.4. The largest absolute Gasteiger partial charge is 0.302 e. The SMILES string of the molecule is CC(=O)Nc1nc2ccc(-c3cnc(C)c(NS(=O)(=O)c4ccc(C(C)(C)C)cc4)c3)cc2s1. The number of thiazole rings is 1. The van der Waals surface area contributed by atoms with Gasteiger partial charge in [0.05, 0.1) is 26.5 Å². The lowest BCUT2D eigenvalue weighted by molar-refractivity contribution is -0.114. The van der Waals surface area contributed by atoms with Gasteiger partial charge in [-0.25, -0.2) is 13.4 Å². The average Bonchev–Trinajstić information content (AvgIpc) is 3.15. The van der Waals surface area contributed by atoms with Crippen LogP contribution in [0, 0.1) is 6.92 Å². The summed E-state index contributed by atoms with van der Waals surface area (Å²) in [5.74, 6) is -0.174. The fourth-order valence-electron chi connectivity index (χ4n) is 3.44. The summed E-state index contributed by atoms with van der Waals surface area (Å²) in [7, 11) is -3.78. The van der Waals surface area contributed by atoms with Crippen molar-refractivity contribution >= 4 is 48.3 Å². The number of rotatable bonds is 5. The first-order valence-corrected chi connectivity index (χ1v) is 13.0. The van der Waals surface area contributed by atoms with Crippen LogP contribution < -0.4 is 10.0 Å². The van der Waals surface area contributed by atoms with Gasteiger partial charge in [-0.3, -0.25) is 14.5 Å². The smallest absolute Gasteiger partial charge is 0.261 e. The van der Waals surface area contributed by atoms with Gasteiger partial charge in [-0.05, 0) is 53.8 Å². The molecule has 2 heterocycles. The van der Waals surface area contributed by atoms with Gasteiger partial charge in [0.25, 0.3) is 10.0 Å². The van der Waals surface area contributed by atoms with Crippen LogP contribution in [0.5, 0.6) is 0 Å². The number of benzene rings is 2. The molecule has 2 N–H and O–H groups in total. The Morgan fingerprint density at radius 3 is 2.35 bits per heavy atom. The Balaban J connectivity index is 1.64. The summed E-state index contributed by atoms with van der Waals surface area (Å²) in [5.41, 5.74) is 4.40. The number of carbonyl (C=O) groups excluding carboxylic acids is 1.